The second-order valence-corrected chi connectivity index (χ2v) is 10.3. The number of anilines is 1. The number of nitrogens with one attached hydrogen (secondary N) is 1. The maximum Gasteiger partial charge on any atom is 0.255 e. The Morgan fingerprint density at radius 3 is 2.32 bits per heavy atom. The van der Waals surface area contributed by atoms with Crippen LogP contribution >= 0.6 is 0 Å². The van der Waals surface area contributed by atoms with Crippen LogP contribution in [0.2, 0.25) is 0 Å². The first-order valence-electron chi connectivity index (χ1n) is 11.1. The second kappa shape index (κ2) is 10.9. The molecule has 168 valence electrons. The molecule has 1 fully saturated rings. The van der Waals surface area contributed by atoms with Crippen molar-refractivity contribution in [1.29, 1.82) is 0 Å². The van der Waals surface area contributed by atoms with Gasteiger partial charge in [-0.15, -0.1) is 0 Å². The monoisotopic (exact) mass is 443 g/mol. The molecule has 0 aromatic heterocycles. The number of hydrogen-bond donors (Lipinski definition) is 1. The molecule has 6 nitrogen and oxygen atoms in total. The molecule has 0 radical (unpaired) electrons. The summed E-state index contributed by atoms with van der Waals surface area (Å²) in [5.74, 6) is 0.0213. The van der Waals surface area contributed by atoms with Crippen LogP contribution in [0.25, 0.3) is 0 Å². The number of rotatable bonds is 9. The third kappa shape index (κ3) is 6.63. The van der Waals surface area contributed by atoms with Crippen molar-refractivity contribution in [3.8, 4) is 0 Å². The van der Waals surface area contributed by atoms with Gasteiger partial charge in [0.2, 0.25) is 10.0 Å². The summed E-state index contributed by atoms with van der Waals surface area (Å²) in [5, 5.41) is 2.98. The van der Waals surface area contributed by atoms with Crippen molar-refractivity contribution in [2.75, 3.05) is 37.2 Å². The first-order chi connectivity index (χ1) is 14.9. The zero-order valence-electron chi connectivity index (χ0n) is 18.5. The summed E-state index contributed by atoms with van der Waals surface area (Å²) in [4.78, 5) is 14.9. The summed E-state index contributed by atoms with van der Waals surface area (Å²) in [6, 6.07) is 15.7. The van der Waals surface area contributed by atoms with Gasteiger partial charge in [0, 0.05) is 44.0 Å². The van der Waals surface area contributed by atoms with Crippen molar-refractivity contribution in [2.24, 2.45) is 0 Å². The third-order valence-electron chi connectivity index (χ3n) is 5.72. The third-order valence-corrected chi connectivity index (χ3v) is 7.60. The summed E-state index contributed by atoms with van der Waals surface area (Å²) in [6.45, 7) is 6.99. The van der Waals surface area contributed by atoms with Crippen LogP contribution < -0.4 is 5.32 Å². The van der Waals surface area contributed by atoms with Gasteiger partial charge in [0.05, 0.1) is 5.75 Å². The Hall–Kier alpha value is -2.22. The van der Waals surface area contributed by atoms with Crippen LogP contribution in [0.4, 0.5) is 5.69 Å². The van der Waals surface area contributed by atoms with E-state index in [9.17, 15) is 13.2 Å². The van der Waals surface area contributed by atoms with Gasteiger partial charge in [0.25, 0.3) is 5.91 Å². The van der Waals surface area contributed by atoms with Crippen LogP contribution in [0, 0.1) is 0 Å². The number of carbonyl (C=O) groups is 1. The van der Waals surface area contributed by atoms with Gasteiger partial charge in [-0.2, -0.15) is 4.31 Å². The maximum absolute atomic E-state index is 12.7. The molecule has 0 bridgehead atoms. The number of amides is 1. The summed E-state index contributed by atoms with van der Waals surface area (Å²) in [6.07, 6.45) is 3.40. The van der Waals surface area contributed by atoms with Crippen molar-refractivity contribution in [3.63, 3.8) is 0 Å². The summed E-state index contributed by atoms with van der Waals surface area (Å²) in [5.41, 5.74) is 3.76. The molecule has 0 atom stereocenters. The molecule has 1 amide bonds. The van der Waals surface area contributed by atoms with Gasteiger partial charge in [0.15, 0.2) is 0 Å². The van der Waals surface area contributed by atoms with Crippen LogP contribution in [-0.4, -0.2) is 55.5 Å². The van der Waals surface area contributed by atoms with E-state index in [1.54, 1.807) is 11.2 Å². The topological polar surface area (TPSA) is 69.7 Å². The molecule has 31 heavy (non-hydrogen) atoms. The molecule has 1 saturated heterocycles. The molecule has 2 aromatic rings. The quantitative estimate of drug-likeness (QED) is 0.641. The van der Waals surface area contributed by atoms with E-state index in [0.29, 0.717) is 38.3 Å². The molecule has 1 aliphatic heterocycles. The van der Waals surface area contributed by atoms with E-state index in [2.05, 4.69) is 29.3 Å². The molecule has 1 aliphatic rings. The van der Waals surface area contributed by atoms with Gasteiger partial charge >= 0.3 is 0 Å². The molecule has 1 N–H and O–H groups in total. The van der Waals surface area contributed by atoms with Crippen molar-refractivity contribution >= 4 is 21.6 Å². The van der Waals surface area contributed by atoms with Gasteiger partial charge in [0.1, 0.15) is 0 Å². The van der Waals surface area contributed by atoms with E-state index in [-0.39, 0.29) is 11.7 Å². The number of benzene rings is 2. The zero-order chi connectivity index (χ0) is 22.3. The Kier molecular flexibility index (Phi) is 8.23. The van der Waals surface area contributed by atoms with E-state index >= 15 is 0 Å². The lowest BCUT2D eigenvalue weighted by molar-refractivity contribution is 0.102. The molecule has 1 heterocycles. The van der Waals surface area contributed by atoms with Crippen molar-refractivity contribution in [1.82, 2.24) is 9.21 Å². The van der Waals surface area contributed by atoms with Crippen molar-refractivity contribution < 1.29 is 13.2 Å². The number of aryl methyl sites for hydroxylation is 1. The predicted octanol–water partition coefficient (Wildman–Crippen LogP) is 3.75. The molecule has 0 saturated carbocycles. The fraction of sp³-hybridized carbons (Fsp3) is 0.458. The number of unbranched alkanes of at least 4 members (excludes halogenated alkanes) is 1. The van der Waals surface area contributed by atoms with E-state index < -0.39 is 10.0 Å². The van der Waals surface area contributed by atoms with Gasteiger partial charge in [-0.25, -0.2) is 8.42 Å². The average molecular weight is 444 g/mol. The highest BCUT2D eigenvalue weighted by Gasteiger charge is 2.25. The van der Waals surface area contributed by atoms with Crippen LogP contribution in [0.5, 0.6) is 0 Å². The van der Waals surface area contributed by atoms with Gasteiger partial charge < -0.3 is 5.32 Å². The molecular formula is C24H33N3O3S. The summed E-state index contributed by atoms with van der Waals surface area (Å²) in [7, 11) is -3.12. The van der Waals surface area contributed by atoms with Gasteiger partial charge in [-0.1, -0.05) is 37.6 Å². The van der Waals surface area contributed by atoms with Crippen molar-refractivity contribution in [2.45, 2.75) is 39.7 Å². The second-order valence-electron chi connectivity index (χ2n) is 8.03. The molecule has 0 spiro atoms. The Labute approximate surface area is 186 Å². The largest absolute Gasteiger partial charge is 0.322 e. The summed E-state index contributed by atoms with van der Waals surface area (Å²) >= 11 is 0. The van der Waals surface area contributed by atoms with Crippen LogP contribution in [0.1, 0.15) is 48.2 Å². The Morgan fingerprint density at radius 1 is 0.968 bits per heavy atom. The van der Waals surface area contributed by atoms with Crippen molar-refractivity contribution in [3.05, 3.63) is 65.2 Å². The molecular weight excluding hydrogens is 410 g/mol. The minimum atomic E-state index is -3.12. The lowest BCUT2D eigenvalue weighted by atomic mass is 10.1. The number of hydrogen-bond acceptors (Lipinski definition) is 4. The minimum absolute atomic E-state index is 0.123. The number of carbonyl (C=O) groups excluding carboxylic acids is 1. The fourth-order valence-electron chi connectivity index (χ4n) is 3.76. The standard InChI is InChI=1S/C24H33N3O3S/c1-3-5-7-20-10-12-23(13-11-20)25-24(28)22-9-6-8-21(18-22)19-26-14-16-27(17-15-26)31(29,30)4-2/h6,8-13,18H,3-5,7,14-17,19H2,1-2H3,(H,25,28). The molecule has 0 unspecified atom stereocenters. The highest BCUT2D eigenvalue weighted by atomic mass is 32.2. The Balaban J connectivity index is 1.56. The first-order valence-corrected chi connectivity index (χ1v) is 12.7. The highest BCUT2D eigenvalue weighted by molar-refractivity contribution is 7.89. The normalized spacial score (nSPS) is 15.7. The molecule has 7 heteroatoms. The first kappa shape index (κ1) is 23.4. The lowest BCUT2D eigenvalue weighted by Crippen LogP contribution is -2.48. The molecule has 3 rings (SSSR count). The number of piperazine rings is 1. The van der Waals surface area contributed by atoms with E-state index in [0.717, 1.165) is 17.7 Å². The van der Waals surface area contributed by atoms with Crippen LogP contribution in [0.3, 0.4) is 0 Å². The van der Waals surface area contributed by atoms with E-state index in [1.165, 1.54) is 18.4 Å². The number of sulfonamides is 1. The fourth-order valence-corrected chi connectivity index (χ4v) is 4.84. The summed E-state index contributed by atoms with van der Waals surface area (Å²) < 4.78 is 25.6. The smallest absolute Gasteiger partial charge is 0.255 e. The van der Waals surface area contributed by atoms with Gasteiger partial charge in [-0.3, -0.25) is 9.69 Å². The predicted molar refractivity (Wildman–Crippen MR) is 126 cm³/mol. The zero-order valence-corrected chi connectivity index (χ0v) is 19.3. The lowest BCUT2D eigenvalue weighted by Gasteiger charge is -2.33. The Morgan fingerprint density at radius 2 is 1.68 bits per heavy atom. The number of nitrogens with zero attached hydrogens (tertiary/aromatic N) is 2. The van der Waals surface area contributed by atoms with Crippen LogP contribution in [0.15, 0.2) is 48.5 Å². The van der Waals surface area contributed by atoms with Crippen LogP contribution in [-0.2, 0) is 23.0 Å². The van der Waals surface area contributed by atoms with Gasteiger partial charge in [-0.05, 0) is 55.2 Å². The SMILES string of the molecule is CCCCc1ccc(NC(=O)c2cccc(CN3CCN(S(=O)(=O)CC)CC3)c2)cc1. The minimum Gasteiger partial charge on any atom is -0.322 e. The van der Waals surface area contributed by atoms with E-state index in [4.69, 9.17) is 0 Å². The maximum atomic E-state index is 12.7. The molecule has 0 aliphatic carbocycles. The molecule has 2 aromatic carbocycles. The average Bonchev–Trinajstić information content (AvgIpc) is 2.79. The highest BCUT2D eigenvalue weighted by Crippen LogP contribution is 2.16. The van der Waals surface area contributed by atoms with E-state index in [1.807, 2.05) is 36.4 Å². The Bertz CT molecular complexity index is 966.